The van der Waals surface area contributed by atoms with Crippen molar-refractivity contribution in [2.45, 2.75) is 11.3 Å². The second-order valence-electron chi connectivity index (χ2n) is 2.91. The van der Waals surface area contributed by atoms with Crippen LogP contribution in [0.25, 0.3) is 0 Å². The summed E-state index contributed by atoms with van der Waals surface area (Å²) in [6.07, 6.45) is 0.794. The van der Waals surface area contributed by atoms with Crippen LogP contribution in [-0.2, 0) is 0 Å². The Morgan fingerprint density at radius 3 is 3.07 bits per heavy atom. The molecule has 2 rings (SSSR count). The number of fused-ring (bicyclic) bond motifs is 1. The molecule has 0 unspecified atom stereocenters. The average molecular weight is 258 g/mol. The molecule has 15 heavy (non-hydrogen) atoms. The summed E-state index contributed by atoms with van der Waals surface area (Å²) in [5.41, 5.74) is 0.931. The first-order valence-electron chi connectivity index (χ1n) is 4.42. The Hall–Kier alpha value is -0.450. The third kappa shape index (κ3) is 3.00. The van der Waals surface area contributed by atoms with Crippen LogP contribution >= 0.6 is 35.1 Å². The largest absolute Gasteiger partial charge is 0.285 e. The van der Waals surface area contributed by atoms with Crippen LogP contribution in [0.2, 0.25) is 0 Å². The van der Waals surface area contributed by atoms with Gasteiger partial charge in [-0.1, -0.05) is 12.1 Å². The standard InChI is InChI=1S/C10H8ClNOS2/c11-10(13)15-9-5-6-14-8-4-2-1-3-7(8)12-9/h1-4H,5-6H2. The number of hydrogen-bond acceptors (Lipinski definition) is 4. The number of halogens is 1. The smallest absolute Gasteiger partial charge is 0.268 e. The van der Waals surface area contributed by atoms with Gasteiger partial charge in [0.25, 0.3) is 4.57 Å². The molecule has 0 saturated carbocycles. The molecule has 1 aliphatic heterocycles. The van der Waals surface area contributed by atoms with Gasteiger partial charge in [-0.25, -0.2) is 4.99 Å². The molecule has 0 N–H and O–H groups in total. The highest BCUT2D eigenvalue weighted by Gasteiger charge is 2.12. The molecule has 1 aliphatic rings. The molecule has 1 aromatic carbocycles. The van der Waals surface area contributed by atoms with Gasteiger partial charge in [0.1, 0.15) is 0 Å². The fourth-order valence-corrected chi connectivity index (χ4v) is 3.16. The monoisotopic (exact) mass is 257 g/mol. The summed E-state index contributed by atoms with van der Waals surface area (Å²) in [5.74, 6) is 0.938. The maximum absolute atomic E-state index is 10.8. The Balaban J connectivity index is 2.29. The van der Waals surface area contributed by atoms with Gasteiger partial charge in [0.2, 0.25) is 0 Å². The molecule has 0 spiro atoms. The van der Waals surface area contributed by atoms with Gasteiger partial charge in [-0.3, -0.25) is 4.79 Å². The van der Waals surface area contributed by atoms with Crippen LogP contribution < -0.4 is 0 Å². The van der Waals surface area contributed by atoms with E-state index in [0.29, 0.717) is 0 Å². The molecular weight excluding hydrogens is 250 g/mol. The minimum Gasteiger partial charge on any atom is -0.268 e. The van der Waals surface area contributed by atoms with Gasteiger partial charge >= 0.3 is 0 Å². The van der Waals surface area contributed by atoms with E-state index in [1.807, 2.05) is 24.3 Å². The Morgan fingerprint density at radius 1 is 1.47 bits per heavy atom. The molecular formula is C10H8ClNOS2. The third-order valence-electron chi connectivity index (χ3n) is 1.88. The van der Waals surface area contributed by atoms with E-state index in [1.165, 1.54) is 0 Å². The van der Waals surface area contributed by atoms with Gasteiger partial charge < -0.3 is 0 Å². The van der Waals surface area contributed by atoms with Crippen molar-refractivity contribution in [2.24, 2.45) is 4.99 Å². The summed E-state index contributed by atoms with van der Waals surface area (Å²) in [6, 6.07) is 7.93. The third-order valence-corrected chi connectivity index (χ3v) is 3.87. The van der Waals surface area contributed by atoms with Crippen LogP contribution in [0, 0.1) is 0 Å². The number of carbonyl (C=O) groups is 1. The zero-order valence-electron chi connectivity index (χ0n) is 7.77. The van der Waals surface area contributed by atoms with Gasteiger partial charge in [0.15, 0.2) is 0 Å². The lowest BCUT2D eigenvalue weighted by Crippen LogP contribution is -1.94. The van der Waals surface area contributed by atoms with Crippen molar-refractivity contribution in [1.82, 2.24) is 0 Å². The molecule has 1 aromatic rings. The molecule has 0 atom stereocenters. The first-order valence-corrected chi connectivity index (χ1v) is 6.60. The van der Waals surface area contributed by atoms with Gasteiger partial charge in [-0.15, -0.1) is 11.8 Å². The highest BCUT2D eigenvalue weighted by atomic mass is 35.5. The maximum Gasteiger partial charge on any atom is 0.285 e. The zero-order valence-corrected chi connectivity index (χ0v) is 10.2. The van der Waals surface area contributed by atoms with Crippen LogP contribution in [0.5, 0.6) is 0 Å². The number of rotatable bonds is 0. The number of carbonyl (C=O) groups excluding carboxylic acids is 1. The Bertz CT molecular complexity index is 420. The van der Waals surface area contributed by atoms with E-state index in [9.17, 15) is 4.79 Å². The van der Waals surface area contributed by atoms with E-state index in [-0.39, 0.29) is 0 Å². The minimum atomic E-state index is -0.418. The van der Waals surface area contributed by atoms with Crippen LogP contribution in [0.3, 0.4) is 0 Å². The van der Waals surface area contributed by atoms with Crippen molar-refractivity contribution in [3.05, 3.63) is 24.3 Å². The molecule has 0 bridgehead atoms. The fraction of sp³-hybridized carbons (Fsp3) is 0.200. The number of benzene rings is 1. The van der Waals surface area contributed by atoms with Crippen molar-refractivity contribution in [3.63, 3.8) is 0 Å². The highest BCUT2D eigenvalue weighted by Crippen LogP contribution is 2.34. The molecule has 0 fully saturated rings. The predicted molar refractivity (Wildman–Crippen MR) is 67.7 cm³/mol. The van der Waals surface area contributed by atoms with Crippen molar-refractivity contribution in [3.8, 4) is 0 Å². The lowest BCUT2D eigenvalue weighted by Gasteiger charge is -1.99. The van der Waals surface area contributed by atoms with Crippen LogP contribution in [0.1, 0.15) is 6.42 Å². The summed E-state index contributed by atoms with van der Waals surface area (Å²) in [7, 11) is 0. The summed E-state index contributed by atoms with van der Waals surface area (Å²) < 4.78 is -0.418. The predicted octanol–water partition coefficient (Wildman–Crippen LogP) is 4.30. The van der Waals surface area contributed by atoms with Gasteiger partial charge in [-0.05, 0) is 35.5 Å². The lowest BCUT2D eigenvalue weighted by atomic mass is 10.3. The number of nitrogens with zero attached hydrogens (tertiary/aromatic N) is 1. The van der Waals surface area contributed by atoms with Crippen LogP contribution in [0.15, 0.2) is 34.2 Å². The molecule has 0 aromatic heterocycles. The minimum absolute atomic E-state index is 0.418. The molecule has 78 valence electrons. The molecule has 0 saturated heterocycles. The van der Waals surface area contributed by atoms with E-state index in [2.05, 4.69) is 4.99 Å². The van der Waals surface area contributed by atoms with Crippen molar-refractivity contribution >= 4 is 50.4 Å². The highest BCUT2D eigenvalue weighted by molar-refractivity contribution is 8.28. The van der Waals surface area contributed by atoms with Crippen molar-refractivity contribution < 1.29 is 4.79 Å². The van der Waals surface area contributed by atoms with E-state index in [1.54, 1.807) is 11.8 Å². The molecule has 0 amide bonds. The molecule has 0 radical (unpaired) electrons. The number of hydrogen-bond donors (Lipinski definition) is 0. The SMILES string of the molecule is O=C(Cl)SC1=Nc2ccccc2SCC1. The van der Waals surface area contributed by atoms with E-state index >= 15 is 0 Å². The van der Waals surface area contributed by atoms with Gasteiger partial charge in [0, 0.05) is 17.1 Å². The summed E-state index contributed by atoms with van der Waals surface area (Å²) in [5, 5.41) is 0.799. The topological polar surface area (TPSA) is 29.4 Å². The number of thioether (sulfide) groups is 2. The maximum atomic E-state index is 10.8. The fourth-order valence-electron chi connectivity index (χ4n) is 1.28. The van der Waals surface area contributed by atoms with E-state index in [4.69, 9.17) is 11.6 Å². The van der Waals surface area contributed by atoms with Crippen LogP contribution in [-0.4, -0.2) is 15.4 Å². The molecule has 5 heteroatoms. The Kier molecular flexibility index (Phi) is 3.72. The number of aliphatic imine (C=N–C) groups is 1. The lowest BCUT2D eigenvalue weighted by molar-refractivity contribution is 0.276. The van der Waals surface area contributed by atoms with Crippen molar-refractivity contribution in [1.29, 1.82) is 0 Å². The second kappa shape index (κ2) is 5.05. The van der Waals surface area contributed by atoms with E-state index < -0.39 is 4.57 Å². The van der Waals surface area contributed by atoms with Gasteiger partial charge in [0.05, 0.1) is 10.7 Å². The quantitative estimate of drug-likeness (QED) is 0.649. The second-order valence-corrected chi connectivity index (χ2v) is 5.66. The number of para-hydroxylation sites is 1. The Morgan fingerprint density at radius 2 is 2.27 bits per heavy atom. The van der Waals surface area contributed by atoms with Crippen LogP contribution in [0.4, 0.5) is 10.5 Å². The molecule has 2 nitrogen and oxygen atoms in total. The first-order chi connectivity index (χ1) is 7.25. The summed E-state index contributed by atoms with van der Waals surface area (Å²) in [6.45, 7) is 0. The van der Waals surface area contributed by atoms with E-state index in [0.717, 1.165) is 39.6 Å². The zero-order chi connectivity index (χ0) is 10.7. The Labute approximate surface area is 101 Å². The van der Waals surface area contributed by atoms with Crippen molar-refractivity contribution in [2.75, 3.05) is 5.75 Å². The normalized spacial score (nSPS) is 15.1. The molecule has 1 heterocycles. The summed E-state index contributed by atoms with van der Waals surface area (Å²) >= 11 is 8.10. The first kappa shape index (κ1) is 11.0. The summed E-state index contributed by atoms with van der Waals surface area (Å²) in [4.78, 5) is 16.4. The average Bonchev–Trinajstić information content (AvgIpc) is 2.38. The molecule has 0 aliphatic carbocycles. The van der Waals surface area contributed by atoms with Gasteiger partial charge in [-0.2, -0.15) is 0 Å².